The maximum atomic E-state index is 12.5. The minimum absolute atomic E-state index is 0.104. The molecule has 6 heteroatoms. The molecule has 1 atom stereocenters. The minimum Gasteiger partial charge on any atom is -0.378 e. The Kier molecular flexibility index (Phi) is 4.54. The number of nitrogens with one attached hydrogen (secondary N) is 1. The molecule has 0 aliphatic carbocycles. The molecule has 0 bridgehead atoms. The zero-order chi connectivity index (χ0) is 14.6. The van der Waals surface area contributed by atoms with Gasteiger partial charge in [-0.2, -0.15) is 13.2 Å². The minimum atomic E-state index is -4.29. The SMILES string of the molecule is CC(Nc1ccccc1SC(F)(F)F)c1ccncc1. The number of alkyl halides is 3. The molecule has 20 heavy (non-hydrogen) atoms. The number of rotatable bonds is 4. The second-order valence-corrected chi connectivity index (χ2v) is 5.30. The lowest BCUT2D eigenvalue weighted by molar-refractivity contribution is -0.0327. The molecule has 2 aromatic rings. The fourth-order valence-electron chi connectivity index (χ4n) is 1.77. The van der Waals surface area contributed by atoms with Gasteiger partial charge in [-0.25, -0.2) is 0 Å². The standard InChI is InChI=1S/C14H13F3N2S/c1-10(11-6-8-18-9-7-11)19-12-4-2-3-5-13(12)20-14(15,16)17/h2-10,19H,1H3. The smallest absolute Gasteiger partial charge is 0.378 e. The van der Waals surface area contributed by atoms with Crippen LogP contribution in [0.5, 0.6) is 0 Å². The van der Waals surface area contributed by atoms with Gasteiger partial charge in [0, 0.05) is 29.0 Å². The maximum absolute atomic E-state index is 12.5. The molecule has 0 fully saturated rings. The summed E-state index contributed by atoms with van der Waals surface area (Å²) >= 11 is -0.110. The number of benzene rings is 1. The zero-order valence-corrected chi connectivity index (χ0v) is 11.5. The van der Waals surface area contributed by atoms with Gasteiger partial charge in [0.2, 0.25) is 0 Å². The van der Waals surface area contributed by atoms with Gasteiger partial charge in [-0.05, 0) is 48.5 Å². The number of aromatic nitrogens is 1. The lowest BCUT2D eigenvalue weighted by Crippen LogP contribution is -2.08. The second kappa shape index (κ2) is 6.17. The summed E-state index contributed by atoms with van der Waals surface area (Å²) in [6, 6.07) is 9.96. The van der Waals surface area contributed by atoms with E-state index in [1.807, 2.05) is 19.1 Å². The van der Waals surface area contributed by atoms with E-state index < -0.39 is 5.51 Å². The van der Waals surface area contributed by atoms with E-state index in [2.05, 4.69) is 10.3 Å². The van der Waals surface area contributed by atoms with Crippen LogP contribution in [0.15, 0.2) is 53.7 Å². The lowest BCUT2D eigenvalue weighted by atomic mass is 10.1. The van der Waals surface area contributed by atoms with Crippen LogP contribution in [0.25, 0.3) is 0 Å². The van der Waals surface area contributed by atoms with Crippen LogP contribution in [0, 0.1) is 0 Å². The highest BCUT2D eigenvalue weighted by Crippen LogP contribution is 2.41. The third-order valence-corrected chi connectivity index (χ3v) is 3.50. The molecule has 106 valence electrons. The average Bonchev–Trinajstić information content (AvgIpc) is 2.40. The average molecular weight is 298 g/mol. The molecule has 0 radical (unpaired) electrons. The summed E-state index contributed by atoms with van der Waals surface area (Å²) in [6.07, 6.45) is 3.31. The van der Waals surface area contributed by atoms with Crippen LogP contribution in [-0.2, 0) is 0 Å². The first-order valence-corrected chi connectivity index (χ1v) is 6.78. The van der Waals surface area contributed by atoms with Crippen molar-refractivity contribution < 1.29 is 13.2 Å². The summed E-state index contributed by atoms with van der Waals surface area (Å²) in [6.45, 7) is 1.89. The molecule has 0 amide bonds. The third kappa shape index (κ3) is 4.16. The van der Waals surface area contributed by atoms with Crippen LogP contribution in [-0.4, -0.2) is 10.5 Å². The monoisotopic (exact) mass is 298 g/mol. The van der Waals surface area contributed by atoms with Crippen molar-refractivity contribution in [2.24, 2.45) is 0 Å². The van der Waals surface area contributed by atoms with Crippen molar-refractivity contribution >= 4 is 17.4 Å². The molecule has 1 unspecified atom stereocenters. The number of halogens is 3. The number of hydrogen-bond donors (Lipinski definition) is 1. The van der Waals surface area contributed by atoms with E-state index in [0.717, 1.165) is 5.56 Å². The zero-order valence-electron chi connectivity index (χ0n) is 10.7. The Morgan fingerprint density at radius 3 is 2.40 bits per heavy atom. The van der Waals surface area contributed by atoms with Crippen LogP contribution in [0.2, 0.25) is 0 Å². The topological polar surface area (TPSA) is 24.9 Å². The van der Waals surface area contributed by atoms with Crippen molar-refractivity contribution in [1.29, 1.82) is 0 Å². The Labute approximate surface area is 119 Å². The number of pyridine rings is 1. The normalized spacial score (nSPS) is 13.0. The molecule has 0 saturated carbocycles. The Bertz CT molecular complexity index is 558. The Morgan fingerprint density at radius 2 is 1.75 bits per heavy atom. The van der Waals surface area contributed by atoms with Gasteiger partial charge in [0.15, 0.2) is 0 Å². The van der Waals surface area contributed by atoms with E-state index in [4.69, 9.17) is 0 Å². The highest BCUT2D eigenvalue weighted by atomic mass is 32.2. The van der Waals surface area contributed by atoms with Crippen LogP contribution in [0.3, 0.4) is 0 Å². The summed E-state index contributed by atoms with van der Waals surface area (Å²) in [5.41, 5.74) is -2.86. The highest BCUT2D eigenvalue weighted by Gasteiger charge is 2.30. The van der Waals surface area contributed by atoms with Crippen LogP contribution < -0.4 is 5.32 Å². The Morgan fingerprint density at radius 1 is 1.10 bits per heavy atom. The predicted molar refractivity (Wildman–Crippen MR) is 74.6 cm³/mol. The third-order valence-electron chi connectivity index (χ3n) is 2.69. The van der Waals surface area contributed by atoms with Gasteiger partial charge in [0.25, 0.3) is 0 Å². The van der Waals surface area contributed by atoms with Gasteiger partial charge in [0.05, 0.1) is 0 Å². The largest absolute Gasteiger partial charge is 0.446 e. The number of thioether (sulfide) groups is 1. The number of para-hydroxylation sites is 1. The van der Waals surface area contributed by atoms with Crippen molar-refractivity contribution in [2.75, 3.05) is 5.32 Å². The molecule has 0 aliphatic rings. The van der Waals surface area contributed by atoms with E-state index in [0.29, 0.717) is 5.69 Å². The van der Waals surface area contributed by atoms with Crippen molar-refractivity contribution in [3.05, 3.63) is 54.4 Å². The van der Waals surface area contributed by atoms with E-state index in [-0.39, 0.29) is 22.7 Å². The van der Waals surface area contributed by atoms with Crippen molar-refractivity contribution in [3.8, 4) is 0 Å². The maximum Gasteiger partial charge on any atom is 0.446 e. The molecular formula is C14H13F3N2S. The summed E-state index contributed by atoms with van der Waals surface area (Å²) in [5, 5.41) is 3.10. The van der Waals surface area contributed by atoms with Crippen molar-refractivity contribution in [1.82, 2.24) is 4.98 Å². The molecule has 0 spiro atoms. The quantitative estimate of drug-likeness (QED) is 0.815. The van der Waals surface area contributed by atoms with Crippen molar-refractivity contribution in [3.63, 3.8) is 0 Å². The Balaban J connectivity index is 2.17. The first-order valence-electron chi connectivity index (χ1n) is 5.97. The van der Waals surface area contributed by atoms with E-state index >= 15 is 0 Å². The van der Waals surface area contributed by atoms with Gasteiger partial charge >= 0.3 is 5.51 Å². The number of anilines is 1. The van der Waals surface area contributed by atoms with Gasteiger partial charge < -0.3 is 5.32 Å². The fraction of sp³-hybridized carbons (Fsp3) is 0.214. The number of hydrogen-bond acceptors (Lipinski definition) is 3. The second-order valence-electron chi connectivity index (χ2n) is 4.19. The van der Waals surface area contributed by atoms with Gasteiger partial charge in [-0.3, -0.25) is 4.98 Å². The van der Waals surface area contributed by atoms with Gasteiger partial charge in [-0.15, -0.1) is 0 Å². The summed E-state index contributed by atoms with van der Waals surface area (Å²) in [4.78, 5) is 4.09. The Hall–Kier alpha value is -1.69. The molecule has 1 aromatic carbocycles. The van der Waals surface area contributed by atoms with E-state index in [1.165, 1.54) is 6.07 Å². The first kappa shape index (κ1) is 14.7. The fourth-order valence-corrected chi connectivity index (χ4v) is 2.40. The lowest BCUT2D eigenvalue weighted by Gasteiger charge is -2.18. The van der Waals surface area contributed by atoms with E-state index in [1.54, 1.807) is 30.6 Å². The van der Waals surface area contributed by atoms with Gasteiger partial charge in [0.1, 0.15) is 0 Å². The van der Waals surface area contributed by atoms with Crippen LogP contribution >= 0.6 is 11.8 Å². The van der Waals surface area contributed by atoms with Crippen molar-refractivity contribution in [2.45, 2.75) is 23.4 Å². The molecule has 0 aliphatic heterocycles. The summed E-state index contributed by atoms with van der Waals surface area (Å²) in [7, 11) is 0. The van der Waals surface area contributed by atoms with Crippen LogP contribution in [0.1, 0.15) is 18.5 Å². The predicted octanol–water partition coefficient (Wildman–Crippen LogP) is 4.87. The number of nitrogens with zero attached hydrogens (tertiary/aromatic N) is 1. The molecule has 2 rings (SSSR count). The molecule has 1 heterocycles. The molecule has 1 N–H and O–H groups in total. The molecular weight excluding hydrogens is 285 g/mol. The van der Waals surface area contributed by atoms with Crippen LogP contribution in [0.4, 0.5) is 18.9 Å². The van der Waals surface area contributed by atoms with E-state index in [9.17, 15) is 13.2 Å². The summed E-state index contributed by atoms with van der Waals surface area (Å²) < 4.78 is 37.5. The molecule has 2 nitrogen and oxygen atoms in total. The summed E-state index contributed by atoms with van der Waals surface area (Å²) in [5.74, 6) is 0. The van der Waals surface area contributed by atoms with Gasteiger partial charge in [-0.1, -0.05) is 12.1 Å². The first-order chi connectivity index (χ1) is 9.46. The highest BCUT2D eigenvalue weighted by molar-refractivity contribution is 8.00. The molecule has 0 saturated heterocycles. The molecule has 1 aromatic heterocycles.